The molecule has 1 saturated heterocycles. The van der Waals surface area contributed by atoms with Crippen LogP contribution in [0.5, 0.6) is 11.5 Å². The second-order valence-corrected chi connectivity index (χ2v) is 6.43. The summed E-state index contributed by atoms with van der Waals surface area (Å²) < 4.78 is 0. The van der Waals surface area contributed by atoms with Gasteiger partial charge in [0.15, 0.2) is 0 Å². The molecule has 3 N–H and O–H groups in total. The fourth-order valence-corrected chi connectivity index (χ4v) is 3.08. The van der Waals surface area contributed by atoms with Crippen LogP contribution in [0.1, 0.15) is 33.6 Å². The predicted octanol–water partition coefficient (Wildman–Crippen LogP) is 1.77. The van der Waals surface area contributed by atoms with E-state index in [-0.39, 0.29) is 34.8 Å². The fourth-order valence-electron chi connectivity index (χ4n) is 3.08. The Morgan fingerprint density at radius 2 is 1.81 bits per heavy atom. The number of pyridine rings is 1. The number of benzene rings is 1. The number of hydrogen-bond donors (Lipinski definition) is 3. The monoisotopic (exact) mass is 355 g/mol. The molecule has 0 unspecified atom stereocenters. The van der Waals surface area contributed by atoms with Crippen molar-refractivity contribution in [3.8, 4) is 11.5 Å². The molecular weight excluding hydrogens is 334 g/mol. The van der Waals surface area contributed by atoms with E-state index in [4.69, 9.17) is 0 Å². The van der Waals surface area contributed by atoms with Gasteiger partial charge in [-0.25, -0.2) is 0 Å². The summed E-state index contributed by atoms with van der Waals surface area (Å²) in [6, 6.07) is 7.29. The molecule has 136 valence electrons. The highest BCUT2D eigenvalue weighted by molar-refractivity contribution is 5.95. The Kier molecular flexibility index (Phi) is 5.36. The van der Waals surface area contributed by atoms with Crippen molar-refractivity contribution in [1.82, 2.24) is 15.2 Å². The van der Waals surface area contributed by atoms with E-state index in [1.165, 1.54) is 18.2 Å². The fraction of sp³-hybridized carbons (Fsp3) is 0.316. The Morgan fingerprint density at radius 3 is 2.42 bits per heavy atom. The van der Waals surface area contributed by atoms with Crippen molar-refractivity contribution in [3.05, 3.63) is 53.9 Å². The number of piperidine rings is 1. The average Bonchev–Trinajstić information content (AvgIpc) is 2.66. The zero-order valence-electron chi connectivity index (χ0n) is 14.3. The minimum atomic E-state index is -0.343. The van der Waals surface area contributed by atoms with Gasteiger partial charge in [-0.05, 0) is 43.0 Å². The van der Waals surface area contributed by atoms with Crippen LogP contribution >= 0.6 is 0 Å². The minimum absolute atomic E-state index is 0.0178. The molecular formula is C19H21N3O4. The molecule has 0 atom stereocenters. The maximum absolute atomic E-state index is 12.4. The van der Waals surface area contributed by atoms with Crippen LogP contribution in [0.2, 0.25) is 0 Å². The SMILES string of the molecule is O=C(NCC1CCN(C(=O)c2cccnc2)CC1)c1cc(O)cc(O)c1. The van der Waals surface area contributed by atoms with Crippen LogP contribution in [0, 0.1) is 5.92 Å². The lowest BCUT2D eigenvalue weighted by Gasteiger charge is -2.32. The Bertz CT molecular complexity index is 766. The van der Waals surface area contributed by atoms with Gasteiger partial charge in [0.25, 0.3) is 11.8 Å². The van der Waals surface area contributed by atoms with E-state index in [1.54, 1.807) is 24.5 Å². The number of aromatic hydroxyl groups is 2. The number of nitrogens with one attached hydrogen (secondary N) is 1. The summed E-state index contributed by atoms with van der Waals surface area (Å²) in [6.07, 6.45) is 4.81. The molecule has 0 spiro atoms. The molecule has 1 aromatic carbocycles. The molecule has 3 rings (SSSR count). The van der Waals surface area contributed by atoms with Gasteiger partial charge in [0, 0.05) is 43.7 Å². The van der Waals surface area contributed by atoms with Crippen LogP contribution in [0.4, 0.5) is 0 Å². The number of aromatic nitrogens is 1. The zero-order chi connectivity index (χ0) is 18.5. The van der Waals surface area contributed by atoms with Crippen LogP contribution in [-0.2, 0) is 0 Å². The highest BCUT2D eigenvalue weighted by Gasteiger charge is 2.24. The lowest BCUT2D eigenvalue weighted by atomic mass is 9.96. The van der Waals surface area contributed by atoms with Crippen LogP contribution in [-0.4, -0.2) is 51.5 Å². The first-order chi connectivity index (χ1) is 12.5. The number of carbonyl (C=O) groups is 2. The number of nitrogens with zero attached hydrogens (tertiary/aromatic N) is 2. The van der Waals surface area contributed by atoms with Crippen LogP contribution < -0.4 is 5.32 Å². The summed E-state index contributed by atoms with van der Waals surface area (Å²) in [7, 11) is 0. The average molecular weight is 355 g/mol. The third-order valence-electron chi connectivity index (χ3n) is 4.53. The predicted molar refractivity (Wildman–Crippen MR) is 95.0 cm³/mol. The Labute approximate surface area is 151 Å². The van der Waals surface area contributed by atoms with E-state index in [9.17, 15) is 19.8 Å². The maximum atomic E-state index is 12.4. The van der Waals surface area contributed by atoms with Crippen molar-refractivity contribution in [2.45, 2.75) is 12.8 Å². The number of rotatable bonds is 4. The third-order valence-corrected chi connectivity index (χ3v) is 4.53. The van der Waals surface area contributed by atoms with Gasteiger partial charge in [0.1, 0.15) is 11.5 Å². The van der Waals surface area contributed by atoms with E-state index >= 15 is 0 Å². The zero-order valence-corrected chi connectivity index (χ0v) is 14.3. The van der Waals surface area contributed by atoms with Crippen molar-refractivity contribution in [1.29, 1.82) is 0 Å². The smallest absolute Gasteiger partial charge is 0.255 e. The highest BCUT2D eigenvalue weighted by atomic mass is 16.3. The lowest BCUT2D eigenvalue weighted by molar-refractivity contribution is 0.0684. The van der Waals surface area contributed by atoms with Crippen molar-refractivity contribution < 1.29 is 19.8 Å². The molecule has 0 aliphatic carbocycles. The number of hydrogen-bond acceptors (Lipinski definition) is 5. The molecule has 1 aliphatic rings. The molecule has 1 fully saturated rings. The molecule has 2 amide bonds. The van der Waals surface area contributed by atoms with Crippen molar-refractivity contribution in [3.63, 3.8) is 0 Å². The standard InChI is InChI=1S/C19H21N3O4/c23-16-8-15(9-17(24)10-16)18(25)21-11-13-3-6-22(7-4-13)19(26)14-2-1-5-20-12-14/h1-2,5,8-10,12-13,23-24H,3-4,6-7,11H2,(H,21,25). The number of likely N-dealkylation sites (tertiary alicyclic amines) is 1. The Hall–Kier alpha value is -3.09. The normalized spacial score (nSPS) is 14.8. The summed E-state index contributed by atoms with van der Waals surface area (Å²) in [4.78, 5) is 30.3. The van der Waals surface area contributed by atoms with Crippen LogP contribution in [0.15, 0.2) is 42.7 Å². The van der Waals surface area contributed by atoms with E-state index in [0.717, 1.165) is 12.8 Å². The quantitative estimate of drug-likeness (QED) is 0.776. The molecule has 7 nitrogen and oxygen atoms in total. The summed E-state index contributed by atoms with van der Waals surface area (Å²) >= 11 is 0. The first-order valence-corrected chi connectivity index (χ1v) is 8.53. The number of amides is 2. The van der Waals surface area contributed by atoms with Crippen molar-refractivity contribution in [2.24, 2.45) is 5.92 Å². The first-order valence-electron chi connectivity index (χ1n) is 8.53. The van der Waals surface area contributed by atoms with E-state index in [2.05, 4.69) is 10.3 Å². The lowest BCUT2D eigenvalue weighted by Crippen LogP contribution is -2.41. The Balaban J connectivity index is 1.48. The molecule has 2 heterocycles. The number of phenolic OH excluding ortho intramolecular Hbond substituents is 2. The summed E-state index contributed by atoms with van der Waals surface area (Å²) in [5.74, 6) is -0.390. The second-order valence-electron chi connectivity index (χ2n) is 6.43. The van der Waals surface area contributed by atoms with Gasteiger partial charge >= 0.3 is 0 Å². The van der Waals surface area contributed by atoms with Crippen molar-refractivity contribution >= 4 is 11.8 Å². The largest absolute Gasteiger partial charge is 0.508 e. The molecule has 1 aliphatic heterocycles. The summed E-state index contributed by atoms with van der Waals surface area (Å²) in [5.41, 5.74) is 0.801. The molecule has 26 heavy (non-hydrogen) atoms. The second kappa shape index (κ2) is 7.86. The third kappa shape index (κ3) is 4.30. The van der Waals surface area contributed by atoms with Gasteiger partial charge in [-0.15, -0.1) is 0 Å². The maximum Gasteiger partial charge on any atom is 0.255 e. The van der Waals surface area contributed by atoms with Crippen LogP contribution in [0.3, 0.4) is 0 Å². The van der Waals surface area contributed by atoms with Gasteiger partial charge in [-0.3, -0.25) is 14.6 Å². The van der Waals surface area contributed by atoms with Gasteiger partial charge in [-0.1, -0.05) is 0 Å². The molecule has 0 radical (unpaired) electrons. The van der Waals surface area contributed by atoms with E-state index < -0.39 is 0 Å². The molecule has 2 aromatic rings. The van der Waals surface area contributed by atoms with Gasteiger partial charge in [-0.2, -0.15) is 0 Å². The number of carbonyl (C=O) groups excluding carboxylic acids is 2. The van der Waals surface area contributed by atoms with Gasteiger partial charge in [0.05, 0.1) is 5.56 Å². The highest BCUT2D eigenvalue weighted by Crippen LogP contribution is 2.21. The summed E-state index contributed by atoms with van der Waals surface area (Å²) in [5, 5.41) is 21.7. The number of phenols is 2. The first kappa shape index (κ1) is 17.7. The molecule has 0 bridgehead atoms. The van der Waals surface area contributed by atoms with E-state index in [1.807, 2.05) is 4.90 Å². The Morgan fingerprint density at radius 1 is 1.12 bits per heavy atom. The topological polar surface area (TPSA) is 103 Å². The van der Waals surface area contributed by atoms with Gasteiger partial charge in [0.2, 0.25) is 0 Å². The van der Waals surface area contributed by atoms with Crippen LogP contribution in [0.25, 0.3) is 0 Å². The minimum Gasteiger partial charge on any atom is -0.508 e. The molecule has 1 aromatic heterocycles. The summed E-state index contributed by atoms with van der Waals surface area (Å²) in [6.45, 7) is 1.77. The molecule has 0 saturated carbocycles. The van der Waals surface area contributed by atoms with E-state index in [0.29, 0.717) is 25.2 Å². The van der Waals surface area contributed by atoms with Gasteiger partial charge < -0.3 is 20.4 Å². The molecule has 7 heteroatoms. The van der Waals surface area contributed by atoms with Crippen molar-refractivity contribution in [2.75, 3.05) is 19.6 Å².